The lowest BCUT2D eigenvalue weighted by molar-refractivity contribution is 0.0495. The highest BCUT2D eigenvalue weighted by atomic mass is 32.2. The van der Waals surface area contributed by atoms with E-state index in [1.807, 2.05) is 0 Å². The van der Waals surface area contributed by atoms with Gasteiger partial charge in [0.2, 0.25) is 9.84 Å². The minimum Gasteiger partial charge on any atom is -0.508 e. The fourth-order valence-electron chi connectivity index (χ4n) is 8.41. The second-order valence-corrected chi connectivity index (χ2v) is 20.6. The van der Waals surface area contributed by atoms with E-state index in [-0.39, 0.29) is 20.4 Å². The number of sulfone groups is 2. The van der Waals surface area contributed by atoms with E-state index in [0.29, 0.717) is 47.2 Å². The van der Waals surface area contributed by atoms with Gasteiger partial charge in [0.15, 0.2) is 9.84 Å². The molecule has 3 fully saturated rings. The van der Waals surface area contributed by atoms with Crippen molar-refractivity contribution >= 4 is 36.3 Å². The van der Waals surface area contributed by atoms with Crippen molar-refractivity contribution in [2.45, 2.75) is 113 Å². The number of likely N-dealkylation sites (tertiary alicyclic amines) is 1. The molecular weight excluding hydrogens is 719 g/mol. The van der Waals surface area contributed by atoms with E-state index in [2.05, 4.69) is 66.2 Å². The van der Waals surface area contributed by atoms with E-state index in [4.69, 9.17) is 0 Å². The summed E-state index contributed by atoms with van der Waals surface area (Å²) in [5.74, 6) is 0.924. The van der Waals surface area contributed by atoms with Crippen LogP contribution in [0.5, 0.6) is 5.75 Å². The van der Waals surface area contributed by atoms with Gasteiger partial charge < -0.3 is 19.8 Å². The molecule has 0 bridgehead atoms. The number of phenolic OH excluding ortho intramolecular Hbond substituents is 1. The zero-order chi connectivity index (χ0) is 39.3. The second-order valence-electron chi connectivity index (χ2n) is 16.6. The van der Waals surface area contributed by atoms with E-state index >= 15 is 0 Å². The van der Waals surface area contributed by atoms with Crippen molar-refractivity contribution in [1.82, 2.24) is 19.7 Å². The zero-order valence-electron chi connectivity index (χ0n) is 33.8. The Labute approximate surface area is 325 Å². The number of piperidine rings is 2. The Kier molecular flexibility index (Phi) is 14.1. The van der Waals surface area contributed by atoms with Crippen LogP contribution in [0.15, 0.2) is 63.3 Å². The van der Waals surface area contributed by atoms with Gasteiger partial charge in [-0.3, -0.25) is 9.88 Å². The Balaban J connectivity index is 0.000000444. The van der Waals surface area contributed by atoms with Crippen LogP contribution in [0.25, 0.3) is 10.9 Å². The van der Waals surface area contributed by atoms with E-state index in [1.54, 1.807) is 12.1 Å². The predicted molar refractivity (Wildman–Crippen MR) is 220 cm³/mol. The summed E-state index contributed by atoms with van der Waals surface area (Å²) in [5.41, 5.74) is 1.60. The van der Waals surface area contributed by atoms with Crippen molar-refractivity contribution < 1.29 is 21.9 Å². The Morgan fingerprint density at radius 2 is 1.31 bits per heavy atom. The van der Waals surface area contributed by atoms with Gasteiger partial charge in [0.1, 0.15) is 10.6 Å². The van der Waals surface area contributed by atoms with Gasteiger partial charge in [-0.1, -0.05) is 53.9 Å². The van der Waals surface area contributed by atoms with Crippen molar-refractivity contribution in [2.75, 3.05) is 70.6 Å². The fourth-order valence-corrected chi connectivity index (χ4v) is 10.5. The first kappa shape index (κ1) is 42.4. The number of hydrogen-bond donors (Lipinski definition) is 1. The highest BCUT2D eigenvalue weighted by Crippen LogP contribution is 2.39. The summed E-state index contributed by atoms with van der Waals surface area (Å²) in [7, 11) is -5.34. The molecule has 6 rings (SSSR count). The monoisotopic (exact) mass is 783 g/mol. The summed E-state index contributed by atoms with van der Waals surface area (Å²) in [6.45, 7) is 19.7. The van der Waals surface area contributed by atoms with Crippen LogP contribution in [-0.2, 0) is 19.7 Å². The molecule has 1 N–H and O–H groups in total. The van der Waals surface area contributed by atoms with Crippen LogP contribution >= 0.6 is 0 Å². The van der Waals surface area contributed by atoms with Crippen molar-refractivity contribution in [3.8, 4) is 5.75 Å². The number of phenols is 1. The molecule has 3 aromatic rings. The third kappa shape index (κ3) is 10.3. The van der Waals surface area contributed by atoms with Gasteiger partial charge in [-0.15, -0.1) is 0 Å². The summed E-state index contributed by atoms with van der Waals surface area (Å²) < 4.78 is 52.8. The topological polar surface area (TPSA) is 114 Å². The number of anilines is 1. The number of aromatic hydroxyl groups is 1. The van der Waals surface area contributed by atoms with E-state index in [1.165, 1.54) is 75.1 Å². The molecule has 4 heterocycles. The molecule has 0 radical (unpaired) electrons. The Bertz CT molecular complexity index is 1890. The second kappa shape index (κ2) is 18.0. The molecule has 54 heavy (non-hydrogen) atoms. The van der Waals surface area contributed by atoms with Crippen LogP contribution in [0.1, 0.15) is 86.0 Å². The fraction of sp³-hybridized carbons (Fsp3) is 0.643. The van der Waals surface area contributed by atoms with Crippen LogP contribution in [0, 0.1) is 11.3 Å². The summed E-state index contributed by atoms with van der Waals surface area (Å²) in [5, 5.41) is 10.3. The van der Waals surface area contributed by atoms with Gasteiger partial charge in [-0.25, -0.2) is 16.8 Å². The molecule has 0 spiro atoms. The highest BCUT2D eigenvalue weighted by molar-refractivity contribution is 7.91. The van der Waals surface area contributed by atoms with Gasteiger partial charge in [-0.2, -0.15) is 0 Å². The molecule has 0 amide bonds. The van der Waals surface area contributed by atoms with Gasteiger partial charge in [0, 0.05) is 69.2 Å². The Hall–Kier alpha value is -2.77. The Morgan fingerprint density at radius 3 is 1.85 bits per heavy atom. The van der Waals surface area contributed by atoms with Crippen molar-refractivity contribution in [3.63, 3.8) is 0 Å². The average molecular weight is 784 g/mol. The third-order valence-corrected chi connectivity index (χ3v) is 15.3. The number of rotatable bonds is 11. The van der Waals surface area contributed by atoms with E-state index in [0.717, 1.165) is 64.3 Å². The first-order valence-corrected chi connectivity index (χ1v) is 23.5. The molecular formula is C42H65N5O5S2. The number of piperazine rings is 1. The van der Waals surface area contributed by atoms with Crippen LogP contribution in [-0.4, -0.2) is 119 Å². The molecule has 10 nitrogen and oxygen atoms in total. The SMILES string of the molecule is CCC(CC)CC(C)(C)CC.CN1CCN(C2CCN(C3CCN(c4c(S(=O)(=O)c5ccc(O)cc5)cnc5ccc(S(C)(=O)=O)cc45)CC3)CC2)CC1. The minimum atomic E-state index is -4.01. The highest BCUT2D eigenvalue weighted by Gasteiger charge is 2.34. The lowest BCUT2D eigenvalue weighted by Crippen LogP contribution is -2.54. The normalized spacial score (nSPS) is 19.3. The van der Waals surface area contributed by atoms with Crippen molar-refractivity contribution in [3.05, 3.63) is 48.7 Å². The number of likely N-dealkylation sites (N-methyl/N-ethyl adjacent to an activating group) is 1. The molecule has 0 unspecified atom stereocenters. The average Bonchev–Trinajstić information content (AvgIpc) is 3.17. The maximum atomic E-state index is 13.9. The summed E-state index contributed by atoms with van der Waals surface area (Å²) in [6.07, 6.45) is 12.1. The zero-order valence-corrected chi connectivity index (χ0v) is 35.4. The minimum absolute atomic E-state index is 0.0248. The summed E-state index contributed by atoms with van der Waals surface area (Å²) >= 11 is 0. The maximum absolute atomic E-state index is 13.9. The van der Waals surface area contributed by atoms with Crippen LogP contribution < -0.4 is 4.90 Å². The molecule has 1 aromatic heterocycles. The molecule has 3 aliphatic rings. The number of pyridine rings is 1. The first-order valence-electron chi connectivity index (χ1n) is 20.1. The third-order valence-electron chi connectivity index (χ3n) is 12.4. The quantitative estimate of drug-likeness (QED) is 0.216. The van der Waals surface area contributed by atoms with Gasteiger partial charge >= 0.3 is 0 Å². The number of benzene rings is 2. The largest absolute Gasteiger partial charge is 0.508 e. The lowest BCUT2D eigenvalue weighted by atomic mass is 9.79. The van der Waals surface area contributed by atoms with Gasteiger partial charge in [0.05, 0.1) is 21.0 Å². The molecule has 2 aromatic carbocycles. The first-order chi connectivity index (χ1) is 25.6. The molecule has 12 heteroatoms. The Morgan fingerprint density at radius 1 is 0.778 bits per heavy atom. The van der Waals surface area contributed by atoms with E-state index < -0.39 is 19.7 Å². The molecule has 300 valence electrons. The van der Waals surface area contributed by atoms with Crippen molar-refractivity contribution in [2.24, 2.45) is 11.3 Å². The number of nitrogens with zero attached hydrogens (tertiary/aromatic N) is 5. The van der Waals surface area contributed by atoms with Gasteiger partial charge in [0.25, 0.3) is 0 Å². The van der Waals surface area contributed by atoms with Crippen LogP contribution in [0.4, 0.5) is 5.69 Å². The van der Waals surface area contributed by atoms with Gasteiger partial charge in [-0.05, 0) is 106 Å². The van der Waals surface area contributed by atoms with E-state index in [9.17, 15) is 21.9 Å². The molecule has 3 saturated heterocycles. The molecule has 0 atom stereocenters. The number of hydrogen-bond acceptors (Lipinski definition) is 10. The standard InChI is InChI=1S/C31H41N5O5S2.C11H24/c1-33-17-19-35(20-18-33)24-9-13-34(14-10-24)23-11-15-36(16-12-23)31-28-21-27(42(2,38)39)7-8-29(28)32-22-30(31)43(40,41)26-5-3-25(37)4-6-26;1-6-10(7-2)9-11(4,5)8-3/h3-8,21-24,37H,9-20H2,1-2H3;10H,6-9H2,1-5H3. The lowest BCUT2D eigenvalue weighted by Gasteiger charge is -2.46. The summed E-state index contributed by atoms with van der Waals surface area (Å²) in [4.78, 5) is 14.4. The smallest absolute Gasteiger partial charge is 0.210 e. The van der Waals surface area contributed by atoms with Crippen LogP contribution in [0.2, 0.25) is 0 Å². The molecule has 0 aliphatic carbocycles. The number of aromatic nitrogens is 1. The summed E-state index contributed by atoms with van der Waals surface area (Å²) in [6, 6.07) is 11.3. The number of fused-ring (bicyclic) bond motifs is 1. The molecule has 3 aliphatic heterocycles. The maximum Gasteiger partial charge on any atom is 0.210 e. The van der Waals surface area contributed by atoms with Crippen LogP contribution in [0.3, 0.4) is 0 Å². The van der Waals surface area contributed by atoms with Crippen molar-refractivity contribution in [1.29, 1.82) is 0 Å². The molecule has 0 saturated carbocycles. The predicted octanol–water partition coefficient (Wildman–Crippen LogP) is 7.11.